The summed E-state index contributed by atoms with van der Waals surface area (Å²) in [5.74, 6) is 2.25. The molecule has 0 bridgehead atoms. The molecule has 3 aromatic rings. The van der Waals surface area contributed by atoms with Gasteiger partial charge in [0.25, 0.3) is 11.5 Å². The van der Waals surface area contributed by atoms with Gasteiger partial charge in [-0.05, 0) is 54.7 Å². The third kappa shape index (κ3) is 4.14. The summed E-state index contributed by atoms with van der Waals surface area (Å²) in [4.78, 5) is 36.0. The first-order valence-corrected chi connectivity index (χ1v) is 13.1. The van der Waals surface area contributed by atoms with Crippen molar-refractivity contribution >= 4 is 51.7 Å². The number of carbonyl (C=O) groups is 1. The van der Waals surface area contributed by atoms with E-state index in [9.17, 15) is 9.59 Å². The second-order valence-corrected chi connectivity index (χ2v) is 10.9. The topological polar surface area (TPSA) is 76.4 Å². The smallest absolute Gasteiger partial charge is 0.267 e. The molecular weight excluding hydrogens is 496 g/mol. The number of fused-ring (bicyclic) bond motifs is 2. The summed E-state index contributed by atoms with van der Waals surface area (Å²) in [5.41, 5.74) is 1.68. The predicted octanol–water partition coefficient (Wildman–Crippen LogP) is 4.06. The lowest BCUT2D eigenvalue weighted by Crippen LogP contribution is -2.37. The normalized spacial score (nSPS) is 20.7. The first-order valence-electron chi connectivity index (χ1n) is 11.9. The van der Waals surface area contributed by atoms with E-state index in [0.717, 1.165) is 31.5 Å². The Morgan fingerprint density at radius 2 is 2.06 bits per heavy atom. The van der Waals surface area contributed by atoms with Gasteiger partial charge < -0.3 is 14.4 Å². The molecule has 0 saturated carbocycles. The summed E-state index contributed by atoms with van der Waals surface area (Å²) in [6.07, 6.45) is 5.56. The molecule has 0 radical (unpaired) electrons. The van der Waals surface area contributed by atoms with E-state index in [4.69, 9.17) is 26.7 Å². The van der Waals surface area contributed by atoms with Gasteiger partial charge >= 0.3 is 0 Å². The largest absolute Gasteiger partial charge is 0.454 e. The second-order valence-electron chi connectivity index (χ2n) is 9.23. The van der Waals surface area contributed by atoms with Gasteiger partial charge in [-0.15, -0.1) is 0 Å². The Morgan fingerprint density at radius 3 is 2.92 bits per heavy atom. The molecule has 0 spiro atoms. The van der Waals surface area contributed by atoms with E-state index in [-0.39, 0.29) is 18.3 Å². The number of ether oxygens (including phenoxy) is 2. The number of hydrogen-bond donors (Lipinski definition) is 0. The summed E-state index contributed by atoms with van der Waals surface area (Å²) in [6.45, 7) is 4.36. The zero-order valence-corrected chi connectivity index (χ0v) is 21.3. The van der Waals surface area contributed by atoms with Gasteiger partial charge in [0.1, 0.15) is 15.8 Å². The molecule has 0 aliphatic carbocycles. The minimum absolute atomic E-state index is 0.191. The number of thioether (sulfide) groups is 1. The van der Waals surface area contributed by atoms with Crippen LogP contribution in [0, 0.1) is 5.92 Å². The molecule has 6 rings (SSSR count). The van der Waals surface area contributed by atoms with Crippen molar-refractivity contribution in [3.05, 3.63) is 69.0 Å². The number of thiocarbonyl (C=S) groups is 1. The van der Waals surface area contributed by atoms with Crippen molar-refractivity contribution in [2.45, 2.75) is 26.3 Å². The first kappa shape index (κ1) is 23.1. The van der Waals surface area contributed by atoms with Crippen LogP contribution in [0.15, 0.2) is 52.3 Å². The number of pyridine rings is 1. The molecule has 5 heterocycles. The number of anilines is 1. The highest BCUT2D eigenvalue weighted by Gasteiger charge is 2.33. The number of rotatable bonds is 4. The van der Waals surface area contributed by atoms with Crippen LogP contribution >= 0.6 is 24.0 Å². The number of piperidine rings is 1. The molecule has 10 heteroatoms. The molecule has 36 heavy (non-hydrogen) atoms. The second kappa shape index (κ2) is 9.25. The Bertz CT molecular complexity index is 1480. The van der Waals surface area contributed by atoms with Crippen molar-refractivity contribution in [3.63, 3.8) is 0 Å². The minimum atomic E-state index is -0.224. The lowest BCUT2D eigenvalue weighted by molar-refractivity contribution is -0.122. The lowest BCUT2D eigenvalue weighted by atomic mass is 10.00. The van der Waals surface area contributed by atoms with Crippen molar-refractivity contribution in [1.29, 1.82) is 0 Å². The lowest BCUT2D eigenvalue weighted by Gasteiger charge is -2.32. The van der Waals surface area contributed by atoms with E-state index in [0.29, 0.717) is 50.2 Å². The molecule has 2 saturated heterocycles. The molecule has 1 aromatic carbocycles. The Balaban J connectivity index is 1.37. The molecule has 2 aromatic heterocycles. The van der Waals surface area contributed by atoms with Crippen LogP contribution in [0.2, 0.25) is 0 Å². The SMILES string of the molecule is C[C@@H]1CCCN(c2nc3ccccn3c(=O)c2/C=C2\SC(=S)N(Cc3ccc4c(c3)OCO4)C2=O)C1. The van der Waals surface area contributed by atoms with Crippen LogP contribution < -0.4 is 19.9 Å². The van der Waals surface area contributed by atoms with Crippen molar-refractivity contribution in [3.8, 4) is 11.5 Å². The van der Waals surface area contributed by atoms with Crippen molar-refractivity contribution < 1.29 is 14.3 Å². The van der Waals surface area contributed by atoms with Crippen molar-refractivity contribution in [1.82, 2.24) is 14.3 Å². The van der Waals surface area contributed by atoms with Gasteiger partial charge in [0.2, 0.25) is 6.79 Å². The Morgan fingerprint density at radius 1 is 1.19 bits per heavy atom. The Hall–Kier alpha value is -3.37. The fourth-order valence-corrected chi connectivity index (χ4v) is 6.07. The van der Waals surface area contributed by atoms with Gasteiger partial charge in [-0.25, -0.2) is 4.98 Å². The fourth-order valence-electron chi connectivity index (χ4n) is 4.83. The highest BCUT2D eigenvalue weighted by molar-refractivity contribution is 8.26. The molecule has 0 N–H and O–H groups in total. The minimum Gasteiger partial charge on any atom is -0.454 e. The van der Waals surface area contributed by atoms with E-state index < -0.39 is 0 Å². The maximum absolute atomic E-state index is 13.6. The van der Waals surface area contributed by atoms with E-state index in [1.165, 1.54) is 16.2 Å². The quantitative estimate of drug-likeness (QED) is 0.377. The third-order valence-corrected chi connectivity index (χ3v) is 8.01. The number of benzene rings is 1. The van der Waals surface area contributed by atoms with Crippen LogP contribution in [0.5, 0.6) is 11.5 Å². The molecule has 3 aliphatic heterocycles. The van der Waals surface area contributed by atoms with Gasteiger partial charge in [-0.1, -0.05) is 43.0 Å². The average molecular weight is 521 g/mol. The van der Waals surface area contributed by atoms with E-state index in [1.807, 2.05) is 30.3 Å². The predicted molar refractivity (Wildman–Crippen MR) is 143 cm³/mol. The Labute approximate surface area is 217 Å². The third-order valence-electron chi connectivity index (χ3n) is 6.63. The average Bonchev–Trinajstić information content (AvgIpc) is 3.45. The van der Waals surface area contributed by atoms with Gasteiger partial charge in [0.15, 0.2) is 11.5 Å². The maximum atomic E-state index is 13.6. The summed E-state index contributed by atoms with van der Waals surface area (Å²) < 4.78 is 12.8. The number of amides is 1. The number of aromatic nitrogens is 2. The van der Waals surface area contributed by atoms with Crippen LogP contribution in [0.25, 0.3) is 11.7 Å². The highest BCUT2D eigenvalue weighted by Crippen LogP contribution is 2.37. The van der Waals surface area contributed by atoms with E-state index in [2.05, 4.69) is 11.8 Å². The Kier molecular flexibility index (Phi) is 5.93. The summed E-state index contributed by atoms with van der Waals surface area (Å²) in [6, 6.07) is 11.1. The van der Waals surface area contributed by atoms with Crippen molar-refractivity contribution in [2.75, 3.05) is 24.8 Å². The standard InChI is InChI=1S/C26H24N4O4S2/c1-16-5-4-9-28(13-16)23-18(24(31)29-10-3-2-6-22(29)27-23)12-21-25(32)30(26(35)36-21)14-17-7-8-19-20(11-17)34-15-33-19/h2-3,6-8,10-12,16H,4-5,9,13-15H2,1H3/b21-12-/t16-/m1/s1. The molecule has 8 nitrogen and oxygen atoms in total. The van der Waals surface area contributed by atoms with Crippen molar-refractivity contribution in [2.24, 2.45) is 5.92 Å². The molecule has 184 valence electrons. The monoisotopic (exact) mass is 520 g/mol. The fraction of sp³-hybridized carbons (Fsp3) is 0.308. The zero-order chi connectivity index (χ0) is 24.8. The van der Waals surface area contributed by atoms with Crippen LogP contribution in [0.3, 0.4) is 0 Å². The summed E-state index contributed by atoms with van der Waals surface area (Å²) in [5, 5.41) is 0. The van der Waals surface area contributed by atoms with E-state index >= 15 is 0 Å². The zero-order valence-electron chi connectivity index (χ0n) is 19.7. The molecule has 2 fully saturated rings. The summed E-state index contributed by atoms with van der Waals surface area (Å²) in [7, 11) is 0. The number of carbonyl (C=O) groups excluding carboxylic acids is 1. The van der Waals surface area contributed by atoms with Gasteiger partial charge in [-0.3, -0.25) is 18.9 Å². The molecule has 1 atom stereocenters. The maximum Gasteiger partial charge on any atom is 0.267 e. The van der Waals surface area contributed by atoms with Gasteiger partial charge in [0, 0.05) is 19.3 Å². The van der Waals surface area contributed by atoms with Gasteiger partial charge in [-0.2, -0.15) is 0 Å². The van der Waals surface area contributed by atoms with E-state index in [1.54, 1.807) is 23.2 Å². The highest BCUT2D eigenvalue weighted by atomic mass is 32.2. The first-order chi connectivity index (χ1) is 17.5. The van der Waals surface area contributed by atoms with Gasteiger partial charge in [0.05, 0.1) is 17.0 Å². The summed E-state index contributed by atoms with van der Waals surface area (Å²) >= 11 is 6.76. The number of nitrogens with zero attached hydrogens (tertiary/aromatic N) is 4. The van der Waals surface area contributed by atoms with Crippen LogP contribution in [0.1, 0.15) is 30.9 Å². The molecule has 1 amide bonds. The van der Waals surface area contributed by atoms with Crippen LogP contribution in [-0.4, -0.2) is 44.4 Å². The number of hydrogen-bond acceptors (Lipinski definition) is 8. The molecule has 0 unspecified atom stereocenters. The van der Waals surface area contributed by atoms with Crippen LogP contribution in [0.4, 0.5) is 5.82 Å². The molecule has 3 aliphatic rings. The van der Waals surface area contributed by atoms with Crippen LogP contribution in [-0.2, 0) is 11.3 Å². The molecular formula is C26H24N4O4S2.